The lowest BCUT2D eigenvalue weighted by Crippen LogP contribution is -2.21. The Morgan fingerprint density at radius 1 is 0.971 bits per heavy atom. The molecule has 3 aromatic rings. The number of rotatable bonds is 10. The molecule has 0 unspecified atom stereocenters. The van der Waals surface area contributed by atoms with E-state index in [-0.39, 0.29) is 24.6 Å². The maximum atomic E-state index is 12.5. The Labute approximate surface area is 206 Å². The van der Waals surface area contributed by atoms with E-state index in [1.165, 1.54) is 26.4 Å². The Bertz CT molecular complexity index is 1180. The molecule has 1 amide bonds. The molecule has 3 rings (SSSR count). The lowest BCUT2D eigenvalue weighted by molar-refractivity contribution is -0.118. The van der Waals surface area contributed by atoms with Crippen LogP contribution in [0, 0.1) is 6.92 Å². The fraction of sp³-hybridized carbons (Fsp3) is 0.200. The molecule has 9 heteroatoms. The zero-order valence-corrected chi connectivity index (χ0v) is 20.6. The molecule has 0 fully saturated rings. The third-order valence-electron chi connectivity index (χ3n) is 4.97. The summed E-state index contributed by atoms with van der Waals surface area (Å²) >= 11 is 3.52. The molecule has 0 saturated heterocycles. The van der Waals surface area contributed by atoms with E-state index in [1.807, 2.05) is 31.2 Å². The molecular weight excluding hydrogens is 504 g/mol. The van der Waals surface area contributed by atoms with Crippen molar-refractivity contribution in [3.8, 4) is 17.2 Å². The minimum atomic E-state index is -1.04. The van der Waals surface area contributed by atoms with Gasteiger partial charge in [-0.1, -0.05) is 33.6 Å². The van der Waals surface area contributed by atoms with Crippen molar-refractivity contribution >= 4 is 39.2 Å². The molecule has 0 saturated carbocycles. The number of carboxylic acids is 1. The van der Waals surface area contributed by atoms with Gasteiger partial charge >= 0.3 is 5.97 Å². The largest absolute Gasteiger partial charge is 0.495 e. The summed E-state index contributed by atoms with van der Waals surface area (Å²) < 4.78 is 17.4. The van der Waals surface area contributed by atoms with Crippen molar-refractivity contribution in [2.45, 2.75) is 13.5 Å². The van der Waals surface area contributed by atoms with E-state index in [4.69, 9.17) is 14.2 Å². The van der Waals surface area contributed by atoms with E-state index in [1.54, 1.807) is 18.2 Å². The van der Waals surface area contributed by atoms with E-state index in [0.717, 1.165) is 10.0 Å². The highest BCUT2D eigenvalue weighted by Gasteiger charge is 2.17. The number of anilines is 2. The molecule has 0 atom stereocenters. The average molecular weight is 529 g/mol. The van der Waals surface area contributed by atoms with Gasteiger partial charge in [0.1, 0.15) is 5.75 Å². The Morgan fingerprint density at radius 3 is 2.29 bits per heavy atom. The molecule has 0 aromatic heterocycles. The van der Waals surface area contributed by atoms with E-state index < -0.39 is 5.97 Å². The average Bonchev–Trinajstić information content (AvgIpc) is 2.83. The van der Waals surface area contributed by atoms with Gasteiger partial charge in [0.15, 0.2) is 18.1 Å². The quantitative estimate of drug-likeness (QED) is 0.336. The molecular formula is C25H25BrN2O6. The van der Waals surface area contributed by atoms with Gasteiger partial charge in [-0.05, 0) is 49.4 Å². The number of aryl methyl sites for hydroxylation is 1. The Morgan fingerprint density at radius 2 is 1.65 bits per heavy atom. The van der Waals surface area contributed by atoms with Crippen LogP contribution in [0.2, 0.25) is 0 Å². The molecule has 0 radical (unpaired) electrons. The van der Waals surface area contributed by atoms with Crippen molar-refractivity contribution in [1.29, 1.82) is 0 Å². The Kier molecular flexibility index (Phi) is 8.37. The Balaban J connectivity index is 1.79. The molecule has 0 aliphatic rings. The van der Waals surface area contributed by atoms with Crippen LogP contribution in [0.3, 0.4) is 0 Å². The second-order valence-electron chi connectivity index (χ2n) is 7.33. The summed E-state index contributed by atoms with van der Waals surface area (Å²) in [6, 6.07) is 15.5. The summed E-state index contributed by atoms with van der Waals surface area (Å²) in [5.41, 5.74) is 3.08. The van der Waals surface area contributed by atoms with Crippen molar-refractivity contribution in [1.82, 2.24) is 0 Å². The number of hydrogen-bond acceptors (Lipinski definition) is 6. The van der Waals surface area contributed by atoms with Gasteiger partial charge in [-0.2, -0.15) is 0 Å². The molecule has 3 aromatic carbocycles. The van der Waals surface area contributed by atoms with Crippen LogP contribution in [-0.2, 0) is 11.3 Å². The van der Waals surface area contributed by atoms with E-state index >= 15 is 0 Å². The fourth-order valence-corrected chi connectivity index (χ4v) is 3.65. The number of carboxylic acid groups (broad SMARTS) is 1. The van der Waals surface area contributed by atoms with Gasteiger partial charge in [0.25, 0.3) is 5.91 Å². The number of halogens is 1. The topological polar surface area (TPSA) is 106 Å². The Hall–Kier alpha value is -3.72. The molecule has 178 valence electrons. The summed E-state index contributed by atoms with van der Waals surface area (Å²) in [7, 11) is 3.02. The number of carbonyl (C=O) groups is 2. The van der Waals surface area contributed by atoms with E-state index in [0.29, 0.717) is 34.2 Å². The highest BCUT2D eigenvalue weighted by molar-refractivity contribution is 9.10. The summed E-state index contributed by atoms with van der Waals surface area (Å²) in [5.74, 6) is -0.0346. The number of carbonyl (C=O) groups excluding carboxylic acids is 1. The number of benzene rings is 3. The maximum Gasteiger partial charge on any atom is 0.335 e. The third-order valence-corrected chi connectivity index (χ3v) is 5.72. The highest BCUT2D eigenvalue weighted by Crippen LogP contribution is 2.37. The van der Waals surface area contributed by atoms with Crippen LogP contribution in [0.1, 0.15) is 21.5 Å². The number of aromatic carboxylic acids is 1. The van der Waals surface area contributed by atoms with Crippen molar-refractivity contribution < 1.29 is 28.9 Å². The first kappa shape index (κ1) is 24.9. The van der Waals surface area contributed by atoms with Crippen molar-refractivity contribution in [2.75, 3.05) is 31.5 Å². The molecule has 0 aliphatic carbocycles. The lowest BCUT2D eigenvalue weighted by atomic mass is 10.1. The third kappa shape index (κ3) is 6.20. The van der Waals surface area contributed by atoms with Crippen LogP contribution in [0.15, 0.2) is 59.1 Å². The van der Waals surface area contributed by atoms with Gasteiger partial charge in [0, 0.05) is 22.3 Å². The second-order valence-corrected chi connectivity index (χ2v) is 8.19. The van der Waals surface area contributed by atoms with E-state index in [9.17, 15) is 14.7 Å². The zero-order chi connectivity index (χ0) is 24.7. The minimum Gasteiger partial charge on any atom is -0.495 e. The number of amides is 1. The first-order chi connectivity index (χ1) is 16.3. The fourth-order valence-electron chi connectivity index (χ4n) is 3.20. The second kappa shape index (κ2) is 11.4. The molecule has 3 N–H and O–H groups in total. The summed E-state index contributed by atoms with van der Waals surface area (Å²) in [6.45, 7) is 1.98. The van der Waals surface area contributed by atoms with Gasteiger partial charge in [0.05, 0.1) is 25.5 Å². The molecule has 0 bridgehead atoms. The zero-order valence-electron chi connectivity index (χ0n) is 19.0. The SMILES string of the molecule is COc1ccc(C(=O)O)cc1NCc1c(Br)ccc(OC)c1OCC(=O)Nc1ccc(C)cc1. The number of nitrogens with one attached hydrogen (secondary N) is 2. The highest BCUT2D eigenvalue weighted by atomic mass is 79.9. The van der Waals surface area contributed by atoms with Crippen molar-refractivity contribution in [3.63, 3.8) is 0 Å². The van der Waals surface area contributed by atoms with Crippen LogP contribution in [0.4, 0.5) is 11.4 Å². The van der Waals surface area contributed by atoms with Gasteiger partial charge < -0.3 is 30.0 Å². The first-order valence-corrected chi connectivity index (χ1v) is 11.1. The van der Waals surface area contributed by atoms with Crippen LogP contribution in [-0.4, -0.2) is 37.8 Å². The summed E-state index contributed by atoms with van der Waals surface area (Å²) in [5, 5.41) is 15.3. The van der Waals surface area contributed by atoms with Crippen LogP contribution in [0.5, 0.6) is 17.2 Å². The number of hydrogen-bond donors (Lipinski definition) is 3. The van der Waals surface area contributed by atoms with Crippen molar-refractivity contribution in [3.05, 3.63) is 75.8 Å². The number of methoxy groups -OCH3 is 2. The van der Waals surface area contributed by atoms with Gasteiger partial charge in [-0.25, -0.2) is 4.79 Å². The van der Waals surface area contributed by atoms with E-state index in [2.05, 4.69) is 26.6 Å². The van der Waals surface area contributed by atoms with Gasteiger partial charge in [-0.15, -0.1) is 0 Å². The monoisotopic (exact) mass is 528 g/mol. The smallest absolute Gasteiger partial charge is 0.335 e. The first-order valence-electron chi connectivity index (χ1n) is 10.3. The predicted octanol–water partition coefficient (Wildman–Crippen LogP) is 5.10. The lowest BCUT2D eigenvalue weighted by Gasteiger charge is -2.18. The van der Waals surface area contributed by atoms with Crippen LogP contribution >= 0.6 is 15.9 Å². The number of ether oxygens (including phenoxy) is 3. The van der Waals surface area contributed by atoms with Crippen LogP contribution in [0.25, 0.3) is 0 Å². The molecule has 0 aliphatic heterocycles. The molecule has 0 spiro atoms. The minimum absolute atomic E-state index is 0.122. The van der Waals surface area contributed by atoms with Gasteiger partial charge in [0.2, 0.25) is 0 Å². The van der Waals surface area contributed by atoms with Gasteiger partial charge in [-0.3, -0.25) is 4.79 Å². The standard InChI is InChI=1S/C25H25BrN2O6/c1-15-4-7-17(8-5-15)28-23(29)14-34-24-18(19(26)9-11-22(24)33-3)13-27-20-12-16(25(30)31)6-10-21(20)32-2/h4-12,27H,13-14H2,1-3H3,(H,28,29)(H,30,31). The predicted molar refractivity (Wildman–Crippen MR) is 133 cm³/mol. The molecule has 0 heterocycles. The molecule has 34 heavy (non-hydrogen) atoms. The van der Waals surface area contributed by atoms with Crippen molar-refractivity contribution in [2.24, 2.45) is 0 Å². The summed E-state index contributed by atoms with van der Waals surface area (Å²) in [4.78, 5) is 23.8. The summed E-state index contributed by atoms with van der Waals surface area (Å²) in [6.07, 6.45) is 0. The normalized spacial score (nSPS) is 10.4. The maximum absolute atomic E-state index is 12.5. The van der Waals surface area contributed by atoms with Crippen LogP contribution < -0.4 is 24.8 Å². The molecule has 8 nitrogen and oxygen atoms in total.